The molecule has 4 rings (SSSR count). The van der Waals surface area contributed by atoms with Gasteiger partial charge in [0.15, 0.2) is 5.65 Å². The van der Waals surface area contributed by atoms with Gasteiger partial charge >= 0.3 is 5.69 Å². The van der Waals surface area contributed by atoms with Gasteiger partial charge in [0.25, 0.3) is 0 Å². The van der Waals surface area contributed by atoms with Gasteiger partial charge in [0.1, 0.15) is 5.75 Å². The van der Waals surface area contributed by atoms with E-state index in [4.69, 9.17) is 0 Å². The van der Waals surface area contributed by atoms with Crippen molar-refractivity contribution in [3.8, 4) is 16.9 Å². The van der Waals surface area contributed by atoms with Gasteiger partial charge < -0.3 is 10.4 Å². The van der Waals surface area contributed by atoms with Crippen molar-refractivity contribution < 1.29 is 5.11 Å². The lowest BCUT2D eigenvalue weighted by atomic mass is 9.99. The second-order valence-electron chi connectivity index (χ2n) is 7.66. The number of fused-ring (bicyclic) bond motifs is 3. The highest BCUT2D eigenvalue weighted by molar-refractivity contribution is 5.92. The molecule has 0 unspecified atom stereocenters. The first-order valence-electron chi connectivity index (χ1n) is 9.47. The summed E-state index contributed by atoms with van der Waals surface area (Å²) in [7, 11) is 0. The Balaban J connectivity index is 1.83. The number of hydrogen-bond acceptors (Lipinski definition) is 4. The molecular weight excluding hydrogens is 352 g/mol. The quantitative estimate of drug-likeness (QED) is 0.497. The van der Waals surface area contributed by atoms with Crippen molar-refractivity contribution in [3.63, 3.8) is 0 Å². The number of phenols is 1. The van der Waals surface area contributed by atoms with E-state index in [9.17, 15) is 9.90 Å². The summed E-state index contributed by atoms with van der Waals surface area (Å²) in [5.74, 6) is 0.783. The van der Waals surface area contributed by atoms with Crippen LogP contribution < -0.4 is 11.0 Å². The van der Waals surface area contributed by atoms with Gasteiger partial charge in [-0.1, -0.05) is 32.0 Å². The van der Waals surface area contributed by atoms with E-state index in [1.807, 2.05) is 31.2 Å². The topological polar surface area (TPSA) is 82.4 Å². The zero-order valence-corrected chi connectivity index (χ0v) is 16.3. The smallest absolute Gasteiger partial charge is 0.348 e. The van der Waals surface area contributed by atoms with Gasteiger partial charge in [-0.05, 0) is 60.3 Å². The predicted octanol–water partition coefficient (Wildman–Crippen LogP) is 3.60. The van der Waals surface area contributed by atoms with Crippen LogP contribution in [0.5, 0.6) is 5.75 Å². The molecule has 2 aromatic carbocycles. The Bertz CT molecular complexity index is 1220. The number of rotatable bonds is 5. The third kappa shape index (κ3) is 3.27. The monoisotopic (exact) mass is 376 g/mol. The van der Waals surface area contributed by atoms with Crippen LogP contribution in [-0.4, -0.2) is 26.2 Å². The fourth-order valence-corrected chi connectivity index (χ4v) is 3.57. The zero-order chi connectivity index (χ0) is 19.8. The number of H-pyrrole nitrogens is 1. The van der Waals surface area contributed by atoms with Gasteiger partial charge in [0.2, 0.25) is 0 Å². The summed E-state index contributed by atoms with van der Waals surface area (Å²) in [4.78, 5) is 12.2. The van der Waals surface area contributed by atoms with Crippen LogP contribution in [0.4, 0.5) is 0 Å². The molecular formula is C22H24N4O2. The Morgan fingerprint density at radius 2 is 2.04 bits per heavy atom. The predicted molar refractivity (Wildman–Crippen MR) is 112 cm³/mol. The summed E-state index contributed by atoms with van der Waals surface area (Å²) < 4.78 is 1.54. The molecule has 0 amide bonds. The highest BCUT2D eigenvalue weighted by Gasteiger charge is 2.13. The van der Waals surface area contributed by atoms with Gasteiger partial charge in [0, 0.05) is 17.5 Å². The molecule has 0 atom stereocenters. The average Bonchev–Trinajstić information content (AvgIpc) is 3.02. The van der Waals surface area contributed by atoms with E-state index in [0.717, 1.165) is 40.7 Å². The minimum Gasteiger partial charge on any atom is -0.507 e. The third-order valence-corrected chi connectivity index (χ3v) is 4.94. The molecule has 2 aromatic heterocycles. The van der Waals surface area contributed by atoms with Crippen LogP contribution in [0, 0.1) is 12.8 Å². The van der Waals surface area contributed by atoms with Crippen LogP contribution in [0.3, 0.4) is 0 Å². The van der Waals surface area contributed by atoms with Crippen LogP contribution in [0.15, 0.2) is 47.3 Å². The van der Waals surface area contributed by atoms with E-state index >= 15 is 0 Å². The second-order valence-corrected chi connectivity index (χ2v) is 7.66. The number of hydrogen-bond donors (Lipinski definition) is 3. The lowest BCUT2D eigenvalue weighted by molar-refractivity contribution is 0.478. The van der Waals surface area contributed by atoms with Gasteiger partial charge in [-0.15, -0.1) is 0 Å². The van der Waals surface area contributed by atoms with Crippen molar-refractivity contribution in [1.29, 1.82) is 0 Å². The van der Waals surface area contributed by atoms with E-state index in [-0.39, 0.29) is 11.4 Å². The Morgan fingerprint density at radius 1 is 1.21 bits per heavy atom. The summed E-state index contributed by atoms with van der Waals surface area (Å²) in [6.45, 7) is 8.02. The van der Waals surface area contributed by atoms with Crippen LogP contribution in [0.2, 0.25) is 0 Å². The van der Waals surface area contributed by atoms with Crippen molar-refractivity contribution in [3.05, 3.63) is 64.1 Å². The normalized spacial score (nSPS) is 11.7. The molecule has 3 N–H and O–H groups in total. The van der Waals surface area contributed by atoms with E-state index in [1.54, 1.807) is 10.5 Å². The first-order valence-corrected chi connectivity index (χ1v) is 9.47. The lowest BCUT2D eigenvalue weighted by Gasteiger charge is -2.12. The molecule has 0 aliphatic carbocycles. The van der Waals surface area contributed by atoms with Gasteiger partial charge in [-0.2, -0.15) is 5.10 Å². The van der Waals surface area contributed by atoms with E-state index < -0.39 is 0 Å². The van der Waals surface area contributed by atoms with E-state index in [0.29, 0.717) is 17.1 Å². The Morgan fingerprint density at radius 3 is 2.82 bits per heavy atom. The number of benzene rings is 2. The van der Waals surface area contributed by atoms with Crippen molar-refractivity contribution in [1.82, 2.24) is 19.9 Å². The minimum absolute atomic E-state index is 0.193. The number of aromatic nitrogens is 3. The van der Waals surface area contributed by atoms with Crippen molar-refractivity contribution in [2.24, 2.45) is 5.92 Å². The molecule has 0 saturated carbocycles. The SMILES string of the molecule is Cc1cc2n[nH]c(=O)n2c2cc(-c3cccc(CNCC(C)C)c3)c(O)cc12. The molecule has 0 spiro atoms. The molecule has 0 aliphatic heterocycles. The highest BCUT2D eigenvalue weighted by Crippen LogP contribution is 2.35. The van der Waals surface area contributed by atoms with Crippen molar-refractivity contribution >= 4 is 16.6 Å². The first kappa shape index (κ1) is 18.3. The summed E-state index contributed by atoms with van der Waals surface area (Å²) in [5.41, 5.74) is 4.71. The maximum absolute atomic E-state index is 12.2. The summed E-state index contributed by atoms with van der Waals surface area (Å²) in [6, 6.07) is 13.5. The molecule has 0 saturated heterocycles. The third-order valence-electron chi connectivity index (χ3n) is 4.94. The molecule has 4 aromatic rings. The number of aromatic amines is 1. The molecule has 0 aliphatic rings. The Hall–Kier alpha value is -3.12. The Kier molecular flexibility index (Phi) is 4.65. The number of aromatic hydroxyl groups is 1. The lowest BCUT2D eigenvalue weighted by Crippen LogP contribution is -2.18. The molecule has 6 nitrogen and oxygen atoms in total. The van der Waals surface area contributed by atoms with Crippen LogP contribution in [0.25, 0.3) is 27.7 Å². The molecule has 144 valence electrons. The number of aryl methyl sites for hydroxylation is 1. The second kappa shape index (κ2) is 7.13. The minimum atomic E-state index is -0.289. The molecule has 28 heavy (non-hydrogen) atoms. The zero-order valence-electron chi connectivity index (χ0n) is 16.3. The molecule has 0 bridgehead atoms. The highest BCUT2D eigenvalue weighted by atomic mass is 16.3. The summed E-state index contributed by atoms with van der Waals surface area (Å²) in [6.07, 6.45) is 0. The largest absolute Gasteiger partial charge is 0.507 e. The van der Waals surface area contributed by atoms with Crippen molar-refractivity contribution in [2.45, 2.75) is 27.3 Å². The fraction of sp³-hybridized carbons (Fsp3) is 0.273. The van der Waals surface area contributed by atoms with Gasteiger partial charge in [-0.25, -0.2) is 14.3 Å². The van der Waals surface area contributed by atoms with Gasteiger partial charge in [0.05, 0.1) is 5.52 Å². The fourth-order valence-electron chi connectivity index (χ4n) is 3.57. The maximum Gasteiger partial charge on any atom is 0.348 e. The van der Waals surface area contributed by atoms with Crippen LogP contribution in [0.1, 0.15) is 25.0 Å². The Labute approximate surface area is 162 Å². The van der Waals surface area contributed by atoms with Crippen LogP contribution >= 0.6 is 0 Å². The molecule has 6 heteroatoms. The first-order chi connectivity index (χ1) is 13.4. The average molecular weight is 376 g/mol. The van der Waals surface area contributed by atoms with E-state index in [2.05, 4.69) is 41.5 Å². The molecule has 0 fully saturated rings. The maximum atomic E-state index is 12.2. The van der Waals surface area contributed by atoms with Gasteiger partial charge in [-0.3, -0.25) is 0 Å². The van der Waals surface area contributed by atoms with Crippen LogP contribution in [-0.2, 0) is 6.54 Å². The molecule has 2 heterocycles. The number of nitrogens with zero attached hydrogens (tertiary/aromatic N) is 2. The van der Waals surface area contributed by atoms with Crippen molar-refractivity contribution in [2.75, 3.05) is 6.54 Å². The number of nitrogens with one attached hydrogen (secondary N) is 2. The summed E-state index contributed by atoms with van der Waals surface area (Å²) in [5, 5.41) is 21.5. The molecule has 0 radical (unpaired) electrons. The summed E-state index contributed by atoms with van der Waals surface area (Å²) >= 11 is 0. The number of pyridine rings is 1. The standard InChI is InChI=1S/C22H24N4O2/c1-13(2)11-23-12-15-5-4-6-16(8-15)18-9-19-17(10-20(18)27)14(3)7-21-24-25-22(28)26(19)21/h4-10,13,23,27H,11-12H2,1-3H3,(H,25,28). The van der Waals surface area contributed by atoms with E-state index in [1.165, 1.54) is 0 Å². The number of phenolic OH excluding ortho intramolecular Hbond substituents is 1.